The molecule has 0 bridgehead atoms. The number of carbonyl (C=O) groups excluding carboxylic acids is 1. The number of hydrogen-bond donors (Lipinski definition) is 0. The number of halogens is 4. The normalized spacial score (nSPS) is 22.9. The Morgan fingerprint density at radius 1 is 1.25 bits per heavy atom. The molecule has 1 heterocycles. The molecule has 0 aliphatic carbocycles. The van der Waals surface area contributed by atoms with Crippen LogP contribution in [0.1, 0.15) is 26.7 Å². The summed E-state index contributed by atoms with van der Waals surface area (Å²) in [5.41, 5.74) is 0.211. The van der Waals surface area contributed by atoms with E-state index in [1.165, 1.54) is 6.92 Å². The molecule has 0 amide bonds. The van der Waals surface area contributed by atoms with Gasteiger partial charge in [-0.15, -0.1) is 0 Å². The number of rotatable bonds is 7. The van der Waals surface area contributed by atoms with Crippen molar-refractivity contribution in [3.8, 4) is 0 Å². The second kappa shape index (κ2) is 7.65. The van der Waals surface area contributed by atoms with E-state index in [0.29, 0.717) is 6.42 Å². The first-order valence-corrected chi connectivity index (χ1v) is 7.51. The van der Waals surface area contributed by atoms with Crippen LogP contribution >= 0.6 is 0 Å². The molecule has 0 aromatic heterocycles. The standard InChI is InChI=1S/C16H22F4O4/c1-5-12(7-8-22-13(21)11(3)4)14(6-2)23-9-15(17,18)16(19,20)10-24-14/h6,12H,2-3,5,7-10H2,1,4H3. The van der Waals surface area contributed by atoms with E-state index in [1.54, 1.807) is 6.92 Å². The largest absolute Gasteiger partial charge is 0.462 e. The highest BCUT2D eigenvalue weighted by atomic mass is 19.3. The lowest BCUT2D eigenvalue weighted by molar-refractivity contribution is -0.236. The molecule has 4 nitrogen and oxygen atoms in total. The van der Waals surface area contributed by atoms with Crippen LogP contribution in [0.3, 0.4) is 0 Å². The Bertz CT molecular complexity index is 472. The summed E-state index contributed by atoms with van der Waals surface area (Å²) in [5.74, 6) is -11.7. The number of hydrogen-bond acceptors (Lipinski definition) is 4. The molecule has 1 rings (SSSR count). The van der Waals surface area contributed by atoms with E-state index in [-0.39, 0.29) is 18.6 Å². The number of esters is 1. The Morgan fingerprint density at radius 2 is 1.75 bits per heavy atom. The van der Waals surface area contributed by atoms with Crippen LogP contribution in [0.25, 0.3) is 0 Å². The van der Waals surface area contributed by atoms with Crippen LogP contribution in [0.15, 0.2) is 24.8 Å². The van der Waals surface area contributed by atoms with Gasteiger partial charge in [0, 0.05) is 11.5 Å². The molecule has 1 fully saturated rings. The van der Waals surface area contributed by atoms with Crippen LogP contribution < -0.4 is 0 Å². The van der Waals surface area contributed by atoms with Gasteiger partial charge in [0.05, 0.1) is 6.61 Å². The predicted molar refractivity (Wildman–Crippen MR) is 78.9 cm³/mol. The summed E-state index contributed by atoms with van der Waals surface area (Å²) in [6.45, 7) is 7.05. The number of ether oxygens (including phenoxy) is 3. The molecule has 138 valence electrons. The van der Waals surface area contributed by atoms with E-state index >= 15 is 0 Å². The van der Waals surface area contributed by atoms with Gasteiger partial charge in [0.2, 0.25) is 0 Å². The van der Waals surface area contributed by atoms with Gasteiger partial charge in [0.25, 0.3) is 0 Å². The van der Waals surface area contributed by atoms with E-state index in [2.05, 4.69) is 13.2 Å². The SMILES string of the molecule is C=CC1(C(CC)CCOC(=O)C(=C)C)OCC(F)(F)C(F)(F)CO1. The van der Waals surface area contributed by atoms with Crippen LogP contribution in [0.4, 0.5) is 17.6 Å². The van der Waals surface area contributed by atoms with Crippen molar-refractivity contribution in [3.63, 3.8) is 0 Å². The maximum absolute atomic E-state index is 13.5. The van der Waals surface area contributed by atoms with Crippen molar-refractivity contribution in [3.05, 3.63) is 24.8 Å². The Labute approximate surface area is 138 Å². The molecule has 1 aliphatic heterocycles. The third kappa shape index (κ3) is 4.36. The molecular formula is C16H22F4O4. The molecular weight excluding hydrogens is 332 g/mol. The van der Waals surface area contributed by atoms with Crippen LogP contribution in [-0.2, 0) is 19.0 Å². The smallest absolute Gasteiger partial charge is 0.335 e. The van der Waals surface area contributed by atoms with Crippen molar-refractivity contribution in [2.45, 2.75) is 44.3 Å². The molecule has 0 saturated carbocycles. The maximum Gasteiger partial charge on any atom is 0.335 e. The van der Waals surface area contributed by atoms with E-state index < -0.39 is 42.7 Å². The quantitative estimate of drug-likeness (QED) is 0.303. The lowest BCUT2D eigenvalue weighted by atomic mass is 9.92. The fraction of sp³-hybridized carbons (Fsp3) is 0.688. The summed E-state index contributed by atoms with van der Waals surface area (Å²) in [7, 11) is 0. The zero-order valence-electron chi connectivity index (χ0n) is 13.7. The van der Waals surface area contributed by atoms with Crippen LogP contribution in [0, 0.1) is 5.92 Å². The molecule has 24 heavy (non-hydrogen) atoms. The first-order valence-electron chi connectivity index (χ1n) is 7.51. The number of carbonyl (C=O) groups is 1. The first kappa shape index (κ1) is 20.6. The summed E-state index contributed by atoms with van der Waals surface area (Å²) in [6, 6.07) is 0. The molecule has 8 heteroatoms. The second-order valence-corrected chi connectivity index (χ2v) is 5.72. The Hall–Kier alpha value is -1.41. The van der Waals surface area contributed by atoms with Gasteiger partial charge in [-0.1, -0.05) is 20.1 Å². The minimum absolute atomic E-state index is 0.0563. The minimum atomic E-state index is -4.34. The van der Waals surface area contributed by atoms with Gasteiger partial charge in [-0.2, -0.15) is 17.6 Å². The third-order valence-corrected chi connectivity index (χ3v) is 3.89. The van der Waals surface area contributed by atoms with E-state index in [4.69, 9.17) is 14.2 Å². The van der Waals surface area contributed by atoms with Crippen molar-refractivity contribution in [2.24, 2.45) is 5.92 Å². The molecule has 1 aliphatic rings. The molecule has 0 aromatic carbocycles. The van der Waals surface area contributed by atoms with Gasteiger partial charge >= 0.3 is 17.8 Å². The first-order chi connectivity index (χ1) is 11.0. The summed E-state index contributed by atoms with van der Waals surface area (Å²) in [4.78, 5) is 11.4. The second-order valence-electron chi connectivity index (χ2n) is 5.72. The zero-order chi connectivity index (χ0) is 18.6. The molecule has 1 atom stereocenters. The fourth-order valence-electron chi connectivity index (χ4n) is 2.29. The Balaban J connectivity index is 2.85. The monoisotopic (exact) mass is 354 g/mol. The Kier molecular flexibility index (Phi) is 6.58. The highest BCUT2D eigenvalue weighted by Gasteiger charge is 2.61. The predicted octanol–water partition coefficient (Wildman–Crippen LogP) is 3.72. The summed E-state index contributed by atoms with van der Waals surface area (Å²) >= 11 is 0. The van der Waals surface area contributed by atoms with Crippen LogP contribution in [0.2, 0.25) is 0 Å². The van der Waals surface area contributed by atoms with Crippen molar-refractivity contribution in [2.75, 3.05) is 19.8 Å². The van der Waals surface area contributed by atoms with Gasteiger partial charge in [0.1, 0.15) is 13.2 Å². The third-order valence-electron chi connectivity index (χ3n) is 3.89. The fourth-order valence-corrected chi connectivity index (χ4v) is 2.29. The lowest BCUT2D eigenvalue weighted by Crippen LogP contribution is -2.45. The molecule has 0 spiro atoms. The lowest BCUT2D eigenvalue weighted by Gasteiger charge is -2.36. The number of alkyl halides is 4. The van der Waals surface area contributed by atoms with Gasteiger partial charge < -0.3 is 14.2 Å². The Morgan fingerprint density at radius 3 is 2.12 bits per heavy atom. The molecule has 1 saturated heterocycles. The van der Waals surface area contributed by atoms with Crippen LogP contribution in [0.5, 0.6) is 0 Å². The van der Waals surface area contributed by atoms with Gasteiger partial charge in [0.15, 0.2) is 5.79 Å². The van der Waals surface area contributed by atoms with E-state index in [1.807, 2.05) is 0 Å². The topological polar surface area (TPSA) is 44.8 Å². The van der Waals surface area contributed by atoms with Crippen molar-refractivity contribution in [1.82, 2.24) is 0 Å². The van der Waals surface area contributed by atoms with Crippen molar-refractivity contribution >= 4 is 5.97 Å². The highest BCUT2D eigenvalue weighted by molar-refractivity contribution is 5.86. The van der Waals surface area contributed by atoms with Crippen molar-refractivity contribution < 1.29 is 36.6 Å². The summed E-state index contributed by atoms with van der Waals surface area (Å²) in [6.07, 6.45) is 1.62. The average molecular weight is 354 g/mol. The van der Waals surface area contributed by atoms with Crippen molar-refractivity contribution in [1.29, 1.82) is 0 Å². The average Bonchev–Trinajstić information content (AvgIpc) is 2.60. The van der Waals surface area contributed by atoms with Gasteiger partial charge in [-0.25, -0.2) is 4.79 Å². The molecule has 1 unspecified atom stereocenters. The van der Waals surface area contributed by atoms with Gasteiger partial charge in [-0.3, -0.25) is 0 Å². The van der Waals surface area contributed by atoms with Gasteiger partial charge in [-0.05, 0) is 25.8 Å². The van der Waals surface area contributed by atoms with E-state index in [0.717, 1.165) is 6.08 Å². The summed E-state index contributed by atoms with van der Waals surface area (Å²) < 4.78 is 68.9. The molecule has 0 radical (unpaired) electrons. The molecule has 0 aromatic rings. The van der Waals surface area contributed by atoms with Crippen LogP contribution in [-0.4, -0.2) is 43.4 Å². The summed E-state index contributed by atoms with van der Waals surface area (Å²) in [5, 5.41) is 0. The maximum atomic E-state index is 13.5. The zero-order valence-corrected chi connectivity index (χ0v) is 13.7. The highest BCUT2D eigenvalue weighted by Crippen LogP contribution is 2.42. The van der Waals surface area contributed by atoms with E-state index in [9.17, 15) is 22.4 Å². The minimum Gasteiger partial charge on any atom is -0.462 e. The molecule has 0 N–H and O–H groups in total.